The standard InChI is InChI=1S/C48H75O11P/c1-3-5-7-8-9-10-11-12-13-14-15-16-20-23-26-29-33-37-47(51)55-41-44(42-57-60(53,54)56-40-43(50)39-49)58-48(52)38-34-30-27-24-21-18-17-19-22-25-28-32-36-46-45(59-46)35-31-6-4-2/h5-7,9-10,12-13,15-16,18-19,21-22,27-28,30-32,43-46,49-50H,3-4,8,11,14,17,20,23-26,29,33-42H2,1-2H3,(H,53,54)/b7-5-,10-9-,13-12-,16-15-,21-18-,22-19-,30-27-,31-6-,32-28-/t43-,44+,45?,46?/m0/s1. The van der Waals surface area contributed by atoms with Crippen molar-refractivity contribution in [3.05, 3.63) is 109 Å². The first-order valence-corrected chi connectivity index (χ1v) is 23.5. The molecule has 1 heterocycles. The highest BCUT2D eigenvalue weighted by atomic mass is 31.2. The highest BCUT2D eigenvalue weighted by Gasteiger charge is 2.36. The van der Waals surface area contributed by atoms with E-state index in [0.29, 0.717) is 31.5 Å². The number of epoxide rings is 1. The molecule has 5 atom stereocenters. The largest absolute Gasteiger partial charge is 0.472 e. The average molecular weight is 859 g/mol. The zero-order valence-electron chi connectivity index (χ0n) is 36.3. The second kappa shape index (κ2) is 38.5. The van der Waals surface area contributed by atoms with E-state index >= 15 is 0 Å². The third-order valence-electron chi connectivity index (χ3n) is 8.84. The lowest BCUT2D eigenvalue weighted by Gasteiger charge is -2.20. The molecule has 1 fully saturated rings. The number of phosphoric ester groups is 1. The Morgan fingerprint density at radius 3 is 1.62 bits per heavy atom. The Morgan fingerprint density at radius 1 is 0.583 bits per heavy atom. The fraction of sp³-hybridized carbons (Fsp3) is 0.583. The molecule has 0 bridgehead atoms. The number of esters is 2. The van der Waals surface area contributed by atoms with Crippen LogP contribution in [0.25, 0.3) is 0 Å². The third-order valence-corrected chi connectivity index (χ3v) is 9.79. The van der Waals surface area contributed by atoms with Crippen LogP contribution in [0.5, 0.6) is 0 Å². The zero-order valence-corrected chi connectivity index (χ0v) is 37.2. The van der Waals surface area contributed by atoms with Crippen molar-refractivity contribution in [2.75, 3.05) is 26.4 Å². The SMILES string of the molecule is CC/C=C\C/C=C\C/C=C\C/C=C\CCCCCCC(=O)OC[C@H](COP(=O)(O)OC[C@@H](O)CO)OC(=O)CC/C=C\C/C=C\C/C=C\C/C=C\CC1OC1C/C=C\CC. The van der Waals surface area contributed by atoms with Gasteiger partial charge < -0.3 is 29.3 Å². The maximum Gasteiger partial charge on any atom is 0.472 e. The smallest absolute Gasteiger partial charge is 0.462 e. The first-order chi connectivity index (χ1) is 29.2. The second-order valence-corrected chi connectivity index (χ2v) is 15.8. The topological polar surface area (TPSA) is 161 Å². The Balaban J connectivity index is 2.32. The monoisotopic (exact) mass is 859 g/mol. The minimum Gasteiger partial charge on any atom is -0.462 e. The van der Waals surface area contributed by atoms with E-state index in [9.17, 15) is 24.2 Å². The molecule has 60 heavy (non-hydrogen) atoms. The molecule has 3 N–H and O–H groups in total. The maximum absolute atomic E-state index is 12.6. The number of rotatable bonds is 38. The number of aliphatic hydroxyl groups is 2. The Bertz CT molecular complexity index is 1420. The van der Waals surface area contributed by atoms with Gasteiger partial charge in [-0.3, -0.25) is 18.6 Å². The molecule has 0 aromatic carbocycles. The summed E-state index contributed by atoms with van der Waals surface area (Å²) >= 11 is 0. The van der Waals surface area contributed by atoms with Crippen LogP contribution in [0.4, 0.5) is 0 Å². The van der Waals surface area contributed by atoms with Gasteiger partial charge in [-0.1, -0.05) is 136 Å². The van der Waals surface area contributed by atoms with Gasteiger partial charge in [0.2, 0.25) is 0 Å². The van der Waals surface area contributed by atoms with Gasteiger partial charge in [-0.25, -0.2) is 4.57 Å². The molecule has 12 heteroatoms. The molecular weight excluding hydrogens is 783 g/mol. The summed E-state index contributed by atoms with van der Waals surface area (Å²) in [5.41, 5.74) is 0. The summed E-state index contributed by atoms with van der Waals surface area (Å²) < 4.78 is 38.3. The fourth-order valence-electron chi connectivity index (χ4n) is 5.40. The molecule has 0 aliphatic carbocycles. The van der Waals surface area contributed by atoms with Crippen LogP contribution in [0, 0.1) is 0 Å². The van der Waals surface area contributed by atoms with Gasteiger partial charge in [-0.15, -0.1) is 0 Å². The number of phosphoric acid groups is 1. The van der Waals surface area contributed by atoms with E-state index in [0.717, 1.165) is 83.5 Å². The van der Waals surface area contributed by atoms with Gasteiger partial charge in [0.15, 0.2) is 6.10 Å². The van der Waals surface area contributed by atoms with Gasteiger partial charge in [0.25, 0.3) is 0 Å². The van der Waals surface area contributed by atoms with Crippen LogP contribution in [0.3, 0.4) is 0 Å². The summed E-state index contributed by atoms with van der Waals surface area (Å²) in [5, 5.41) is 18.3. The quantitative estimate of drug-likeness (QED) is 0.0178. The molecule has 0 saturated carbocycles. The van der Waals surface area contributed by atoms with E-state index in [1.807, 2.05) is 12.2 Å². The summed E-state index contributed by atoms with van der Waals surface area (Å²) in [4.78, 5) is 35.0. The van der Waals surface area contributed by atoms with Crippen molar-refractivity contribution in [3.63, 3.8) is 0 Å². The maximum atomic E-state index is 12.6. The van der Waals surface area contributed by atoms with Crippen LogP contribution < -0.4 is 0 Å². The van der Waals surface area contributed by atoms with Crippen molar-refractivity contribution in [1.82, 2.24) is 0 Å². The first-order valence-electron chi connectivity index (χ1n) is 22.0. The van der Waals surface area contributed by atoms with E-state index in [4.69, 9.17) is 23.8 Å². The molecule has 0 aromatic heterocycles. The Kier molecular flexibility index (Phi) is 35.0. The lowest BCUT2D eigenvalue weighted by atomic mass is 10.1. The molecule has 1 aliphatic rings. The van der Waals surface area contributed by atoms with Gasteiger partial charge in [0.05, 0.1) is 32.0 Å². The number of carbonyl (C=O) groups is 2. The third kappa shape index (κ3) is 35.4. The lowest BCUT2D eigenvalue weighted by Crippen LogP contribution is -2.29. The number of allylic oxidation sites excluding steroid dienone is 16. The van der Waals surface area contributed by atoms with Crippen molar-refractivity contribution in [1.29, 1.82) is 0 Å². The Labute approximate surface area is 361 Å². The van der Waals surface area contributed by atoms with Crippen molar-refractivity contribution >= 4 is 19.8 Å². The second-order valence-electron chi connectivity index (χ2n) is 14.3. The molecule has 0 aromatic rings. The van der Waals surface area contributed by atoms with Crippen LogP contribution in [-0.2, 0) is 37.4 Å². The summed E-state index contributed by atoms with van der Waals surface area (Å²) in [7, 11) is -4.66. The average Bonchev–Trinajstić information content (AvgIpc) is 3.99. The number of unbranched alkanes of at least 4 members (excludes halogenated alkanes) is 4. The Hall–Kier alpha value is -3.41. The zero-order chi connectivity index (χ0) is 43.8. The van der Waals surface area contributed by atoms with E-state index < -0.39 is 51.8 Å². The minimum absolute atomic E-state index is 0.0429. The van der Waals surface area contributed by atoms with Gasteiger partial charge in [-0.2, -0.15) is 0 Å². The number of aliphatic hydroxyl groups excluding tert-OH is 2. The van der Waals surface area contributed by atoms with Crippen LogP contribution in [0.15, 0.2) is 109 Å². The van der Waals surface area contributed by atoms with Gasteiger partial charge in [0.1, 0.15) is 12.7 Å². The molecule has 11 nitrogen and oxygen atoms in total. The van der Waals surface area contributed by atoms with Crippen molar-refractivity contribution in [2.24, 2.45) is 0 Å². The molecule has 1 saturated heterocycles. The minimum atomic E-state index is -4.66. The normalized spacial score (nSPS) is 18.2. The van der Waals surface area contributed by atoms with Crippen molar-refractivity contribution in [3.8, 4) is 0 Å². The highest BCUT2D eigenvalue weighted by Crippen LogP contribution is 2.43. The molecule has 0 radical (unpaired) electrons. The molecule has 338 valence electrons. The predicted octanol–water partition coefficient (Wildman–Crippen LogP) is 10.8. The van der Waals surface area contributed by atoms with Gasteiger partial charge in [0, 0.05) is 12.8 Å². The van der Waals surface area contributed by atoms with Crippen molar-refractivity contribution < 1.29 is 52.5 Å². The summed E-state index contributed by atoms with van der Waals surface area (Å²) in [6, 6.07) is 0. The van der Waals surface area contributed by atoms with Crippen LogP contribution in [-0.4, -0.2) is 77.9 Å². The molecule has 1 rings (SSSR count). The van der Waals surface area contributed by atoms with E-state index in [-0.39, 0.29) is 19.4 Å². The highest BCUT2D eigenvalue weighted by molar-refractivity contribution is 7.47. The fourth-order valence-corrected chi connectivity index (χ4v) is 6.19. The van der Waals surface area contributed by atoms with Gasteiger partial charge >= 0.3 is 19.8 Å². The Morgan fingerprint density at radius 2 is 1.05 bits per heavy atom. The van der Waals surface area contributed by atoms with Gasteiger partial charge in [-0.05, 0) is 89.9 Å². The van der Waals surface area contributed by atoms with E-state index in [2.05, 4.69) is 116 Å². The van der Waals surface area contributed by atoms with E-state index in [1.165, 1.54) is 0 Å². The molecule has 0 amide bonds. The number of carbonyl (C=O) groups excluding carboxylic acids is 2. The summed E-state index contributed by atoms with van der Waals surface area (Å²) in [6.07, 6.45) is 51.1. The van der Waals surface area contributed by atoms with Crippen LogP contribution in [0.1, 0.15) is 129 Å². The van der Waals surface area contributed by atoms with Crippen LogP contribution >= 0.6 is 7.82 Å². The molecule has 0 spiro atoms. The van der Waals surface area contributed by atoms with Crippen LogP contribution in [0.2, 0.25) is 0 Å². The summed E-state index contributed by atoms with van der Waals surface area (Å²) in [5.74, 6) is -1.07. The number of ether oxygens (including phenoxy) is 3. The molecule has 1 aliphatic heterocycles. The van der Waals surface area contributed by atoms with Crippen molar-refractivity contribution in [2.45, 2.75) is 154 Å². The molecule has 3 unspecified atom stereocenters. The van der Waals surface area contributed by atoms with E-state index in [1.54, 1.807) is 0 Å². The predicted molar refractivity (Wildman–Crippen MR) is 241 cm³/mol. The summed E-state index contributed by atoms with van der Waals surface area (Å²) in [6.45, 7) is 2.00. The number of hydrogen-bond donors (Lipinski definition) is 3. The molecular formula is C48H75O11P. The first kappa shape index (κ1) is 54.6. The lowest BCUT2D eigenvalue weighted by molar-refractivity contribution is -0.161. The number of hydrogen-bond acceptors (Lipinski definition) is 10.